The summed E-state index contributed by atoms with van der Waals surface area (Å²) in [6, 6.07) is -0.154. The molecule has 0 bridgehead atoms. The van der Waals surface area contributed by atoms with Gasteiger partial charge in [-0.2, -0.15) is 0 Å². The number of rotatable bonds is 4. The van der Waals surface area contributed by atoms with Crippen LogP contribution in [0.5, 0.6) is 0 Å². The van der Waals surface area contributed by atoms with Crippen molar-refractivity contribution < 1.29 is 9.53 Å². The molecule has 0 aliphatic carbocycles. The first-order valence-electron chi connectivity index (χ1n) is 8.34. The Morgan fingerprint density at radius 2 is 2.38 bits per heavy atom. The molecular formula is C19H19ClN4O2. The van der Waals surface area contributed by atoms with Crippen LogP contribution in [0.15, 0.2) is 42.4 Å². The van der Waals surface area contributed by atoms with E-state index in [4.69, 9.17) is 22.8 Å². The molecule has 26 heavy (non-hydrogen) atoms. The number of likely N-dealkylation sites (tertiary alicyclic amines) is 1. The maximum atomic E-state index is 12.6. The molecule has 0 radical (unpaired) electrons. The van der Waals surface area contributed by atoms with Crippen LogP contribution in [-0.4, -0.2) is 38.5 Å². The van der Waals surface area contributed by atoms with Crippen molar-refractivity contribution >= 4 is 23.2 Å². The first-order valence-corrected chi connectivity index (χ1v) is 8.72. The van der Waals surface area contributed by atoms with Crippen molar-refractivity contribution in [2.45, 2.75) is 25.8 Å². The number of carbonyl (C=O) groups is 1. The van der Waals surface area contributed by atoms with E-state index in [9.17, 15) is 4.79 Å². The molecule has 1 saturated heterocycles. The van der Waals surface area contributed by atoms with E-state index in [2.05, 4.69) is 15.9 Å². The van der Waals surface area contributed by atoms with Gasteiger partial charge in [0.05, 0.1) is 12.2 Å². The van der Waals surface area contributed by atoms with Gasteiger partial charge in [-0.15, -0.1) is 6.42 Å². The molecule has 2 aromatic rings. The molecule has 1 amide bonds. The molecule has 1 atom stereocenters. The van der Waals surface area contributed by atoms with Gasteiger partial charge in [-0.1, -0.05) is 23.6 Å². The van der Waals surface area contributed by atoms with E-state index in [0.717, 1.165) is 29.8 Å². The van der Waals surface area contributed by atoms with Gasteiger partial charge in [0.25, 0.3) is 0 Å². The summed E-state index contributed by atoms with van der Waals surface area (Å²) in [7, 11) is 0. The van der Waals surface area contributed by atoms with E-state index in [0.29, 0.717) is 11.7 Å². The average Bonchev–Trinajstić information content (AvgIpc) is 3.28. The van der Waals surface area contributed by atoms with E-state index >= 15 is 0 Å². The number of hydrogen-bond donors (Lipinski definition) is 0. The van der Waals surface area contributed by atoms with Crippen LogP contribution in [0.3, 0.4) is 0 Å². The molecular weight excluding hydrogens is 352 g/mol. The summed E-state index contributed by atoms with van der Waals surface area (Å²) >= 11 is 6.11. The zero-order chi connectivity index (χ0) is 18.5. The van der Waals surface area contributed by atoms with Gasteiger partial charge in [-0.25, -0.2) is 14.8 Å². The Morgan fingerprint density at radius 1 is 1.54 bits per heavy atom. The highest BCUT2D eigenvalue weighted by Crippen LogP contribution is 2.32. The molecule has 1 aliphatic heterocycles. The molecule has 0 saturated carbocycles. The molecule has 1 aliphatic rings. The number of amides is 1. The molecule has 0 N–H and O–H groups in total. The lowest BCUT2D eigenvalue weighted by atomic mass is 10.2. The molecule has 0 spiro atoms. The van der Waals surface area contributed by atoms with Crippen LogP contribution in [0.2, 0.25) is 5.15 Å². The summed E-state index contributed by atoms with van der Waals surface area (Å²) in [5, 5.41) is 0.386. The van der Waals surface area contributed by atoms with Crippen molar-refractivity contribution in [1.82, 2.24) is 19.3 Å². The van der Waals surface area contributed by atoms with Gasteiger partial charge in [-0.3, -0.25) is 9.30 Å². The normalized spacial score (nSPS) is 17.8. The summed E-state index contributed by atoms with van der Waals surface area (Å²) in [5.74, 6) is 3.18. The average molecular weight is 371 g/mol. The highest BCUT2D eigenvalue weighted by molar-refractivity contribution is 6.32. The van der Waals surface area contributed by atoms with Gasteiger partial charge in [-0.05, 0) is 37.5 Å². The number of terminal acetylenes is 1. The van der Waals surface area contributed by atoms with Crippen LogP contribution in [0.4, 0.5) is 4.79 Å². The number of fused-ring (bicyclic) bond motifs is 1. The first kappa shape index (κ1) is 18.0. The van der Waals surface area contributed by atoms with Crippen LogP contribution >= 0.6 is 11.6 Å². The smallest absolute Gasteiger partial charge is 0.410 e. The van der Waals surface area contributed by atoms with Crippen molar-refractivity contribution in [3.05, 3.63) is 53.4 Å². The lowest BCUT2D eigenvalue weighted by Crippen LogP contribution is -2.32. The Kier molecular flexibility index (Phi) is 5.59. The maximum absolute atomic E-state index is 12.6. The molecule has 3 rings (SSSR count). The van der Waals surface area contributed by atoms with Gasteiger partial charge in [0.1, 0.15) is 17.9 Å². The first-order chi connectivity index (χ1) is 12.7. The fraction of sp³-hybridized carbons (Fsp3) is 0.316. The largest absolute Gasteiger partial charge is 0.445 e. The SMILES string of the molecule is C#C/C=C\C(=C/C)COC(=O)N1CCC[C@H]1c1ncc2c(Cl)nccn12. The molecule has 2 aromatic heterocycles. The Hall–Kier alpha value is -2.78. The predicted octanol–water partition coefficient (Wildman–Crippen LogP) is 3.79. The lowest BCUT2D eigenvalue weighted by molar-refractivity contribution is 0.105. The minimum Gasteiger partial charge on any atom is -0.445 e. The van der Waals surface area contributed by atoms with E-state index in [1.54, 1.807) is 35.6 Å². The molecule has 3 heterocycles. The molecule has 134 valence electrons. The van der Waals surface area contributed by atoms with Crippen molar-refractivity contribution in [3.8, 4) is 12.3 Å². The number of aromatic nitrogens is 3. The highest BCUT2D eigenvalue weighted by atomic mass is 35.5. The van der Waals surface area contributed by atoms with Gasteiger partial charge < -0.3 is 4.74 Å². The van der Waals surface area contributed by atoms with Gasteiger partial charge >= 0.3 is 6.09 Å². The predicted molar refractivity (Wildman–Crippen MR) is 99.8 cm³/mol. The summed E-state index contributed by atoms with van der Waals surface area (Å²) < 4.78 is 7.34. The van der Waals surface area contributed by atoms with Gasteiger partial charge in [0.2, 0.25) is 0 Å². The highest BCUT2D eigenvalue weighted by Gasteiger charge is 2.34. The molecule has 7 heteroatoms. The van der Waals surface area contributed by atoms with Crippen LogP contribution in [0.25, 0.3) is 5.52 Å². The van der Waals surface area contributed by atoms with E-state index < -0.39 is 0 Å². The fourth-order valence-electron chi connectivity index (χ4n) is 3.03. The van der Waals surface area contributed by atoms with Crippen LogP contribution < -0.4 is 0 Å². The van der Waals surface area contributed by atoms with E-state index in [1.165, 1.54) is 0 Å². The fourth-order valence-corrected chi connectivity index (χ4v) is 3.22. The zero-order valence-electron chi connectivity index (χ0n) is 14.4. The number of halogens is 1. The quantitative estimate of drug-likeness (QED) is 0.606. The van der Waals surface area contributed by atoms with Crippen molar-refractivity contribution in [2.75, 3.05) is 13.2 Å². The maximum Gasteiger partial charge on any atom is 0.410 e. The van der Waals surface area contributed by atoms with Crippen LogP contribution in [-0.2, 0) is 4.74 Å². The third-order valence-corrected chi connectivity index (χ3v) is 4.64. The van der Waals surface area contributed by atoms with Crippen molar-refractivity contribution in [3.63, 3.8) is 0 Å². The Bertz CT molecular complexity index is 910. The molecule has 0 unspecified atom stereocenters. The summed E-state index contributed by atoms with van der Waals surface area (Å²) in [6.07, 6.45) is 16.9. The lowest BCUT2D eigenvalue weighted by Gasteiger charge is -2.23. The number of nitrogens with zero attached hydrogens (tertiary/aromatic N) is 4. The Morgan fingerprint density at radius 3 is 3.15 bits per heavy atom. The third-order valence-electron chi connectivity index (χ3n) is 4.35. The minimum atomic E-state index is -0.363. The number of imidazole rings is 1. The Labute approximate surface area is 157 Å². The van der Waals surface area contributed by atoms with Crippen molar-refractivity contribution in [1.29, 1.82) is 0 Å². The number of carbonyl (C=O) groups excluding carboxylic acids is 1. The van der Waals surface area contributed by atoms with Crippen LogP contribution in [0, 0.1) is 12.3 Å². The Balaban J connectivity index is 1.75. The number of hydrogen-bond acceptors (Lipinski definition) is 4. The number of allylic oxidation sites excluding steroid dienone is 2. The second kappa shape index (κ2) is 8.07. The second-order valence-corrected chi connectivity index (χ2v) is 6.22. The summed E-state index contributed by atoms with van der Waals surface area (Å²) in [4.78, 5) is 22.8. The summed E-state index contributed by atoms with van der Waals surface area (Å²) in [5.41, 5.74) is 1.57. The van der Waals surface area contributed by atoms with Gasteiger partial charge in [0.15, 0.2) is 5.15 Å². The summed E-state index contributed by atoms with van der Waals surface area (Å²) in [6.45, 7) is 2.68. The zero-order valence-corrected chi connectivity index (χ0v) is 15.2. The number of ether oxygens (including phenoxy) is 1. The molecule has 0 aromatic carbocycles. The standard InChI is InChI=1S/C19H19ClN4O2/c1-3-5-7-14(4-2)13-26-19(25)24-10-6-8-15(24)18-22-12-16-17(20)21-9-11-23(16)18/h1,4-5,7,9,11-12,15H,6,8,10,13H2,2H3/b7-5-,14-4+/t15-/m0/s1. The van der Waals surface area contributed by atoms with Gasteiger partial charge in [0, 0.05) is 18.9 Å². The molecule has 6 nitrogen and oxygen atoms in total. The van der Waals surface area contributed by atoms with E-state index in [1.807, 2.05) is 17.4 Å². The third kappa shape index (κ3) is 3.58. The molecule has 1 fully saturated rings. The monoisotopic (exact) mass is 370 g/mol. The van der Waals surface area contributed by atoms with Crippen molar-refractivity contribution in [2.24, 2.45) is 0 Å². The van der Waals surface area contributed by atoms with Crippen LogP contribution in [0.1, 0.15) is 31.6 Å². The second-order valence-electron chi connectivity index (χ2n) is 5.86. The topological polar surface area (TPSA) is 59.7 Å². The minimum absolute atomic E-state index is 0.154. The van der Waals surface area contributed by atoms with E-state index in [-0.39, 0.29) is 18.7 Å².